The van der Waals surface area contributed by atoms with Gasteiger partial charge in [0.2, 0.25) is 10.0 Å². The van der Waals surface area contributed by atoms with Crippen LogP contribution in [0.2, 0.25) is 0 Å². The van der Waals surface area contributed by atoms with E-state index < -0.39 is 10.0 Å². The number of ether oxygens (including phenoxy) is 1. The van der Waals surface area contributed by atoms with Crippen molar-refractivity contribution < 1.29 is 17.9 Å². The molecule has 0 aliphatic carbocycles. The molecular formula is C19H24N2O4S. The van der Waals surface area contributed by atoms with Crippen LogP contribution in [0, 0.1) is 0 Å². The average molecular weight is 376 g/mol. The summed E-state index contributed by atoms with van der Waals surface area (Å²) in [5, 5.41) is 2.74. The molecule has 1 N–H and O–H groups in total. The summed E-state index contributed by atoms with van der Waals surface area (Å²) in [7, 11) is -3.58. The second-order valence-corrected chi connectivity index (χ2v) is 7.44. The molecule has 140 valence electrons. The first-order chi connectivity index (χ1) is 12.4. The van der Waals surface area contributed by atoms with E-state index in [9.17, 15) is 13.2 Å². The molecule has 0 unspecified atom stereocenters. The summed E-state index contributed by atoms with van der Waals surface area (Å²) in [6.07, 6.45) is 0. The summed E-state index contributed by atoms with van der Waals surface area (Å²) in [5.74, 6) is 0.130. The minimum atomic E-state index is -3.58. The van der Waals surface area contributed by atoms with E-state index in [1.807, 2.05) is 6.92 Å². The van der Waals surface area contributed by atoms with E-state index in [1.54, 1.807) is 50.2 Å². The molecule has 0 saturated heterocycles. The topological polar surface area (TPSA) is 75.7 Å². The molecule has 0 spiro atoms. The van der Waals surface area contributed by atoms with Crippen molar-refractivity contribution in [3.8, 4) is 5.75 Å². The Kier molecular flexibility index (Phi) is 6.76. The van der Waals surface area contributed by atoms with Crippen molar-refractivity contribution in [1.29, 1.82) is 0 Å². The fourth-order valence-corrected chi connectivity index (χ4v) is 4.09. The molecule has 0 saturated carbocycles. The van der Waals surface area contributed by atoms with Gasteiger partial charge in [-0.15, -0.1) is 0 Å². The number of nitrogens with zero attached hydrogens (tertiary/aromatic N) is 1. The minimum absolute atomic E-state index is 0.150. The van der Waals surface area contributed by atoms with Crippen molar-refractivity contribution in [2.75, 3.05) is 25.0 Å². The molecule has 26 heavy (non-hydrogen) atoms. The van der Waals surface area contributed by atoms with Crippen molar-refractivity contribution in [3.05, 3.63) is 54.1 Å². The van der Waals surface area contributed by atoms with Crippen molar-refractivity contribution in [3.63, 3.8) is 0 Å². The zero-order valence-corrected chi connectivity index (χ0v) is 16.0. The van der Waals surface area contributed by atoms with Crippen LogP contribution in [0.1, 0.15) is 31.1 Å². The molecule has 0 radical (unpaired) electrons. The summed E-state index contributed by atoms with van der Waals surface area (Å²) in [4.78, 5) is 12.7. The first-order valence-corrected chi connectivity index (χ1v) is 10.0. The molecule has 2 aromatic carbocycles. The number of benzene rings is 2. The number of nitrogens with one attached hydrogen (secondary N) is 1. The zero-order chi connectivity index (χ0) is 19.2. The minimum Gasteiger partial charge on any atom is -0.493 e. The van der Waals surface area contributed by atoms with E-state index in [2.05, 4.69) is 5.32 Å². The molecule has 0 heterocycles. The lowest BCUT2D eigenvalue weighted by atomic mass is 10.2. The van der Waals surface area contributed by atoms with Gasteiger partial charge in [-0.2, -0.15) is 4.31 Å². The molecule has 0 fully saturated rings. The first kappa shape index (κ1) is 19.9. The van der Waals surface area contributed by atoms with Gasteiger partial charge in [0.15, 0.2) is 0 Å². The second-order valence-electron chi connectivity index (χ2n) is 5.50. The van der Waals surface area contributed by atoms with Gasteiger partial charge in [-0.1, -0.05) is 32.0 Å². The highest BCUT2D eigenvalue weighted by Crippen LogP contribution is 2.22. The van der Waals surface area contributed by atoms with Gasteiger partial charge in [-0.3, -0.25) is 4.79 Å². The summed E-state index contributed by atoms with van der Waals surface area (Å²) < 4.78 is 32.1. The number of sulfonamides is 1. The smallest absolute Gasteiger partial charge is 0.259 e. The molecule has 2 aromatic rings. The Morgan fingerprint density at radius 1 is 1.04 bits per heavy atom. The standard InChI is InChI=1S/C19H24N2O4S/c1-4-21(5-2)26(23,24)16-11-9-10-15(14-16)20-19(22)17-12-7-8-13-18(17)25-6-3/h7-14H,4-6H2,1-3H3,(H,20,22). The van der Waals surface area contributed by atoms with E-state index in [4.69, 9.17) is 4.74 Å². The van der Waals surface area contributed by atoms with E-state index >= 15 is 0 Å². The van der Waals surface area contributed by atoms with Crippen LogP contribution in [-0.4, -0.2) is 38.3 Å². The van der Waals surface area contributed by atoms with Crippen LogP contribution in [-0.2, 0) is 10.0 Å². The number of anilines is 1. The SMILES string of the molecule is CCOc1ccccc1C(=O)Nc1cccc(S(=O)(=O)N(CC)CC)c1. The molecule has 0 aromatic heterocycles. The highest BCUT2D eigenvalue weighted by molar-refractivity contribution is 7.89. The van der Waals surface area contributed by atoms with Crippen molar-refractivity contribution in [2.24, 2.45) is 0 Å². The van der Waals surface area contributed by atoms with Crippen LogP contribution in [0.5, 0.6) is 5.75 Å². The number of carbonyl (C=O) groups excluding carboxylic acids is 1. The first-order valence-electron chi connectivity index (χ1n) is 8.57. The normalized spacial score (nSPS) is 11.4. The molecule has 1 amide bonds. The third kappa shape index (κ3) is 4.42. The van der Waals surface area contributed by atoms with Gasteiger partial charge < -0.3 is 10.1 Å². The molecule has 0 atom stereocenters. The fraction of sp³-hybridized carbons (Fsp3) is 0.316. The molecule has 6 nitrogen and oxygen atoms in total. The Bertz CT molecular complexity index is 861. The van der Waals surface area contributed by atoms with E-state index in [1.165, 1.54) is 16.4 Å². The van der Waals surface area contributed by atoms with Crippen molar-refractivity contribution in [1.82, 2.24) is 4.31 Å². The van der Waals surface area contributed by atoms with Crippen LogP contribution in [0.4, 0.5) is 5.69 Å². The van der Waals surface area contributed by atoms with Crippen LogP contribution in [0.15, 0.2) is 53.4 Å². The molecule has 0 aliphatic heterocycles. The largest absolute Gasteiger partial charge is 0.493 e. The maximum absolute atomic E-state index is 12.6. The number of amides is 1. The molecule has 0 aliphatic rings. The summed E-state index contributed by atoms with van der Waals surface area (Å²) in [5.41, 5.74) is 0.806. The molecule has 2 rings (SSSR count). The summed E-state index contributed by atoms with van der Waals surface area (Å²) >= 11 is 0. The predicted molar refractivity (Wildman–Crippen MR) is 102 cm³/mol. The maximum atomic E-state index is 12.6. The van der Waals surface area contributed by atoms with Crippen LogP contribution >= 0.6 is 0 Å². The van der Waals surface area contributed by atoms with Gasteiger partial charge in [0.1, 0.15) is 5.75 Å². The summed E-state index contributed by atoms with van der Waals surface area (Å²) in [6.45, 7) is 6.64. The quantitative estimate of drug-likeness (QED) is 0.766. The van der Waals surface area contributed by atoms with Crippen molar-refractivity contribution in [2.45, 2.75) is 25.7 Å². The fourth-order valence-electron chi connectivity index (χ4n) is 2.58. The van der Waals surface area contributed by atoms with Gasteiger partial charge in [0.25, 0.3) is 5.91 Å². The van der Waals surface area contributed by atoms with Gasteiger partial charge in [0, 0.05) is 18.8 Å². The number of para-hydroxylation sites is 1. The molecule has 7 heteroatoms. The van der Waals surface area contributed by atoms with E-state index in [0.717, 1.165) is 0 Å². The van der Waals surface area contributed by atoms with Crippen LogP contribution in [0.3, 0.4) is 0 Å². The van der Waals surface area contributed by atoms with Crippen molar-refractivity contribution >= 4 is 21.6 Å². The monoisotopic (exact) mass is 376 g/mol. The Hall–Kier alpha value is -2.38. The third-order valence-corrected chi connectivity index (χ3v) is 5.91. The Balaban J connectivity index is 2.28. The molecule has 0 bridgehead atoms. The number of carbonyl (C=O) groups is 1. The average Bonchev–Trinajstić information content (AvgIpc) is 2.63. The Morgan fingerprint density at radius 3 is 2.38 bits per heavy atom. The highest BCUT2D eigenvalue weighted by atomic mass is 32.2. The van der Waals surface area contributed by atoms with Crippen LogP contribution < -0.4 is 10.1 Å². The highest BCUT2D eigenvalue weighted by Gasteiger charge is 2.22. The van der Waals surface area contributed by atoms with Gasteiger partial charge in [-0.25, -0.2) is 8.42 Å². The van der Waals surface area contributed by atoms with Gasteiger partial charge in [-0.05, 0) is 37.3 Å². The Morgan fingerprint density at radius 2 is 1.73 bits per heavy atom. The predicted octanol–water partition coefficient (Wildman–Crippen LogP) is 3.37. The lowest BCUT2D eigenvalue weighted by molar-refractivity contribution is 0.102. The summed E-state index contributed by atoms with van der Waals surface area (Å²) in [6, 6.07) is 13.2. The van der Waals surface area contributed by atoms with E-state index in [0.29, 0.717) is 36.7 Å². The van der Waals surface area contributed by atoms with Gasteiger partial charge in [0.05, 0.1) is 17.1 Å². The van der Waals surface area contributed by atoms with E-state index in [-0.39, 0.29) is 10.8 Å². The maximum Gasteiger partial charge on any atom is 0.259 e. The second kappa shape index (κ2) is 8.82. The molecular weight excluding hydrogens is 352 g/mol. The van der Waals surface area contributed by atoms with Gasteiger partial charge >= 0.3 is 0 Å². The lowest BCUT2D eigenvalue weighted by Gasteiger charge is -2.19. The van der Waals surface area contributed by atoms with Crippen LogP contribution in [0.25, 0.3) is 0 Å². The Labute approximate surface area is 154 Å². The zero-order valence-electron chi connectivity index (χ0n) is 15.2. The lowest BCUT2D eigenvalue weighted by Crippen LogP contribution is -2.30. The number of rotatable bonds is 8. The number of hydrogen-bond donors (Lipinski definition) is 1. The number of hydrogen-bond acceptors (Lipinski definition) is 4. The third-order valence-electron chi connectivity index (χ3n) is 3.87.